The van der Waals surface area contributed by atoms with Gasteiger partial charge in [-0.3, -0.25) is 4.79 Å². The fourth-order valence-electron chi connectivity index (χ4n) is 1.63. The van der Waals surface area contributed by atoms with Gasteiger partial charge in [0.2, 0.25) is 0 Å². The Morgan fingerprint density at radius 2 is 2.38 bits per heavy atom. The molecule has 5 heteroatoms. The van der Waals surface area contributed by atoms with Gasteiger partial charge in [0.15, 0.2) is 0 Å². The molecule has 0 spiro atoms. The molecule has 1 aromatic heterocycles. The predicted octanol–water partition coefficient (Wildman–Crippen LogP) is 3.66. The molecule has 1 aliphatic rings. The SMILES string of the molecule is Cc1cc(C(=O)N(CCCl)C2CC2)sc1Br. The number of hydrogen-bond acceptors (Lipinski definition) is 2. The summed E-state index contributed by atoms with van der Waals surface area (Å²) in [5.74, 6) is 0.635. The normalized spacial score (nSPS) is 15.2. The molecule has 88 valence electrons. The van der Waals surface area contributed by atoms with Crippen LogP contribution in [0.15, 0.2) is 9.85 Å². The zero-order chi connectivity index (χ0) is 11.7. The summed E-state index contributed by atoms with van der Waals surface area (Å²) in [6, 6.07) is 2.37. The molecule has 0 radical (unpaired) electrons. The molecule has 0 saturated heterocycles. The molecule has 0 bridgehead atoms. The number of amides is 1. The van der Waals surface area contributed by atoms with Crippen molar-refractivity contribution in [2.75, 3.05) is 12.4 Å². The fourth-order valence-corrected chi connectivity index (χ4v) is 3.31. The van der Waals surface area contributed by atoms with E-state index < -0.39 is 0 Å². The number of hydrogen-bond donors (Lipinski definition) is 0. The van der Waals surface area contributed by atoms with E-state index in [2.05, 4.69) is 15.9 Å². The van der Waals surface area contributed by atoms with Crippen molar-refractivity contribution in [3.63, 3.8) is 0 Å². The predicted molar refractivity (Wildman–Crippen MR) is 71.5 cm³/mol. The van der Waals surface area contributed by atoms with E-state index in [0.717, 1.165) is 27.1 Å². The Balaban J connectivity index is 2.15. The van der Waals surface area contributed by atoms with Gasteiger partial charge in [-0.1, -0.05) is 0 Å². The molecule has 1 heterocycles. The molecule has 1 aliphatic carbocycles. The molecule has 0 N–H and O–H groups in total. The highest BCUT2D eigenvalue weighted by atomic mass is 79.9. The first-order chi connectivity index (χ1) is 7.63. The number of nitrogens with zero attached hydrogens (tertiary/aromatic N) is 1. The molecule has 0 atom stereocenters. The minimum atomic E-state index is 0.127. The van der Waals surface area contributed by atoms with Gasteiger partial charge in [-0.15, -0.1) is 22.9 Å². The second-order valence-electron chi connectivity index (χ2n) is 3.99. The molecule has 0 aliphatic heterocycles. The lowest BCUT2D eigenvalue weighted by molar-refractivity contribution is 0.0758. The number of carbonyl (C=O) groups is 1. The Morgan fingerprint density at radius 1 is 1.69 bits per heavy atom. The van der Waals surface area contributed by atoms with Crippen LogP contribution >= 0.6 is 38.9 Å². The summed E-state index contributed by atoms with van der Waals surface area (Å²) in [6.45, 7) is 2.65. The Hall–Kier alpha value is -0.0600. The van der Waals surface area contributed by atoms with Gasteiger partial charge in [0, 0.05) is 18.5 Å². The van der Waals surface area contributed by atoms with Crippen molar-refractivity contribution in [1.82, 2.24) is 4.90 Å². The molecule has 1 aromatic rings. The first-order valence-electron chi connectivity index (χ1n) is 5.26. The lowest BCUT2D eigenvalue weighted by atomic mass is 10.3. The van der Waals surface area contributed by atoms with Crippen LogP contribution in [-0.4, -0.2) is 29.3 Å². The topological polar surface area (TPSA) is 20.3 Å². The number of rotatable bonds is 4. The second kappa shape index (κ2) is 5.07. The summed E-state index contributed by atoms with van der Waals surface area (Å²) in [7, 11) is 0. The monoisotopic (exact) mass is 321 g/mol. The van der Waals surface area contributed by atoms with Crippen molar-refractivity contribution in [2.24, 2.45) is 0 Å². The first-order valence-corrected chi connectivity index (χ1v) is 7.40. The molecule has 1 saturated carbocycles. The number of carbonyl (C=O) groups excluding carboxylic acids is 1. The van der Waals surface area contributed by atoms with Crippen LogP contribution in [0.4, 0.5) is 0 Å². The van der Waals surface area contributed by atoms with Gasteiger partial charge in [-0.25, -0.2) is 0 Å². The second-order valence-corrected chi connectivity index (χ2v) is 6.73. The highest BCUT2D eigenvalue weighted by Crippen LogP contribution is 2.32. The third-order valence-corrected chi connectivity index (χ3v) is 4.94. The smallest absolute Gasteiger partial charge is 0.264 e. The molecular formula is C11H13BrClNOS. The van der Waals surface area contributed by atoms with E-state index in [-0.39, 0.29) is 5.91 Å². The zero-order valence-corrected chi connectivity index (χ0v) is 12.2. The van der Waals surface area contributed by atoms with E-state index >= 15 is 0 Å². The van der Waals surface area contributed by atoms with E-state index in [4.69, 9.17) is 11.6 Å². The number of aryl methyl sites for hydroxylation is 1. The average molecular weight is 323 g/mol. The Morgan fingerprint density at radius 3 is 2.81 bits per heavy atom. The van der Waals surface area contributed by atoms with Crippen LogP contribution in [0.5, 0.6) is 0 Å². The molecule has 1 amide bonds. The quantitative estimate of drug-likeness (QED) is 0.775. The van der Waals surface area contributed by atoms with E-state index in [1.807, 2.05) is 17.9 Å². The van der Waals surface area contributed by atoms with Crippen molar-refractivity contribution in [3.05, 3.63) is 20.3 Å². The number of alkyl halides is 1. The summed E-state index contributed by atoms with van der Waals surface area (Å²) in [6.07, 6.45) is 2.24. The maximum atomic E-state index is 12.2. The van der Waals surface area contributed by atoms with Crippen molar-refractivity contribution >= 4 is 44.8 Å². The third kappa shape index (κ3) is 2.60. The molecule has 2 rings (SSSR count). The Labute approximate surface area is 113 Å². The maximum Gasteiger partial charge on any atom is 0.264 e. The van der Waals surface area contributed by atoms with Crippen molar-refractivity contribution < 1.29 is 4.79 Å². The number of halogens is 2. The van der Waals surface area contributed by atoms with Gasteiger partial charge in [-0.05, 0) is 47.3 Å². The average Bonchev–Trinajstić information content (AvgIpc) is 3.02. The highest BCUT2D eigenvalue weighted by molar-refractivity contribution is 9.11. The largest absolute Gasteiger partial charge is 0.334 e. The molecule has 1 fully saturated rings. The third-order valence-electron chi connectivity index (χ3n) is 2.64. The molecular weight excluding hydrogens is 310 g/mol. The molecule has 16 heavy (non-hydrogen) atoms. The van der Waals surface area contributed by atoms with Crippen molar-refractivity contribution in [1.29, 1.82) is 0 Å². The van der Waals surface area contributed by atoms with Crippen molar-refractivity contribution in [3.8, 4) is 0 Å². The minimum Gasteiger partial charge on any atom is -0.334 e. The lowest BCUT2D eigenvalue weighted by Crippen LogP contribution is -2.34. The Kier molecular flexibility index (Phi) is 3.93. The van der Waals surface area contributed by atoms with E-state index in [1.165, 1.54) is 11.3 Å². The minimum absolute atomic E-state index is 0.127. The summed E-state index contributed by atoms with van der Waals surface area (Å²) >= 11 is 10.7. The van der Waals surface area contributed by atoms with Crippen LogP contribution in [0, 0.1) is 6.92 Å². The van der Waals surface area contributed by atoms with Crippen molar-refractivity contribution in [2.45, 2.75) is 25.8 Å². The van der Waals surface area contributed by atoms with Crippen LogP contribution in [-0.2, 0) is 0 Å². The zero-order valence-electron chi connectivity index (χ0n) is 9.00. The van der Waals surface area contributed by atoms with E-state index in [9.17, 15) is 4.79 Å². The van der Waals surface area contributed by atoms with Gasteiger partial charge in [0.25, 0.3) is 5.91 Å². The van der Waals surface area contributed by atoms with Gasteiger partial charge in [-0.2, -0.15) is 0 Å². The molecule has 0 unspecified atom stereocenters. The first kappa shape index (κ1) is 12.4. The van der Waals surface area contributed by atoms with Crippen LogP contribution in [0.3, 0.4) is 0 Å². The molecule has 2 nitrogen and oxygen atoms in total. The van der Waals surface area contributed by atoms with Gasteiger partial charge < -0.3 is 4.90 Å². The summed E-state index contributed by atoms with van der Waals surface area (Å²) < 4.78 is 1.04. The maximum absolute atomic E-state index is 12.2. The fraction of sp³-hybridized carbons (Fsp3) is 0.545. The summed E-state index contributed by atoms with van der Waals surface area (Å²) in [5.41, 5.74) is 1.12. The Bertz CT molecular complexity index is 383. The van der Waals surface area contributed by atoms with Crippen LogP contribution in [0.2, 0.25) is 0 Å². The van der Waals surface area contributed by atoms with Crippen LogP contribution in [0.25, 0.3) is 0 Å². The standard InChI is InChI=1S/C11H13BrClNOS/c1-7-6-9(16-10(7)12)11(15)14(5-4-13)8-2-3-8/h6,8H,2-5H2,1H3. The summed E-state index contributed by atoms with van der Waals surface area (Å²) in [5, 5.41) is 0. The molecule has 0 aromatic carbocycles. The van der Waals surface area contributed by atoms with Crippen LogP contribution < -0.4 is 0 Å². The highest BCUT2D eigenvalue weighted by Gasteiger charge is 2.33. The van der Waals surface area contributed by atoms with Gasteiger partial charge in [0.05, 0.1) is 8.66 Å². The summed E-state index contributed by atoms with van der Waals surface area (Å²) in [4.78, 5) is 15.0. The van der Waals surface area contributed by atoms with E-state index in [1.54, 1.807) is 0 Å². The van der Waals surface area contributed by atoms with Gasteiger partial charge in [0.1, 0.15) is 0 Å². The lowest BCUT2D eigenvalue weighted by Gasteiger charge is -2.20. The van der Waals surface area contributed by atoms with E-state index in [0.29, 0.717) is 18.5 Å². The van der Waals surface area contributed by atoms with Crippen LogP contribution in [0.1, 0.15) is 28.1 Å². The van der Waals surface area contributed by atoms with Gasteiger partial charge >= 0.3 is 0 Å². The number of thiophene rings is 1.